The first-order valence-corrected chi connectivity index (χ1v) is 7.48. The molecule has 3 rings (SSSR count). The Morgan fingerprint density at radius 3 is 2.18 bits per heavy atom. The Kier molecular flexibility index (Phi) is 3.96. The number of benzene rings is 2. The highest BCUT2D eigenvalue weighted by Crippen LogP contribution is 2.29. The SMILES string of the molecule is COc1ccc(-c2cc(-c3ccccc3)nn2C(C)C)cc1. The topological polar surface area (TPSA) is 27.1 Å². The Bertz CT molecular complexity index is 743. The van der Waals surface area contributed by atoms with Crippen molar-refractivity contribution in [3.05, 3.63) is 60.7 Å². The Morgan fingerprint density at radius 2 is 1.59 bits per heavy atom. The van der Waals surface area contributed by atoms with Crippen LogP contribution in [0.3, 0.4) is 0 Å². The molecule has 2 aromatic carbocycles. The van der Waals surface area contributed by atoms with Crippen LogP contribution in [0, 0.1) is 0 Å². The van der Waals surface area contributed by atoms with Crippen LogP contribution in [0.4, 0.5) is 0 Å². The first-order chi connectivity index (χ1) is 10.7. The minimum absolute atomic E-state index is 0.301. The highest BCUT2D eigenvalue weighted by molar-refractivity contribution is 5.69. The second kappa shape index (κ2) is 6.06. The molecule has 22 heavy (non-hydrogen) atoms. The Labute approximate surface area is 131 Å². The van der Waals surface area contributed by atoms with E-state index in [1.165, 1.54) is 0 Å². The average molecular weight is 292 g/mol. The summed E-state index contributed by atoms with van der Waals surface area (Å²) in [5.41, 5.74) is 4.40. The van der Waals surface area contributed by atoms with E-state index in [0.717, 1.165) is 28.3 Å². The maximum atomic E-state index is 5.23. The highest BCUT2D eigenvalue weighted by atomic mass is 16.5. The van der Waals surface area contributed by atoms with Gasteiger partial charge >= 0.3 is 0 Å². The summed E-state index contributed by atoms with van der Waals surface area (Å²) < 4.78 is 7.31. The van der Waals surface area contributed by atoms with Crippen LogP contribution >= 0.6 is 0 Å². The fourth-order valence-corrected chi connectivity index (χ4v) is 2.52. The molecular weight excluding hydrogens is 272 g/mol. The van der Waals surface area contributed by atoms with Gasteiger partial charge < -0.3 is 4.74 Å². The van der Waals surface area contributed by atoms with Crippen molar-refractivity contribution in [2.75, 3.05) is 7.11 Å². The molecule has 0 spiro atoms. The smallest absolute Gasteiger partial charge is 0.118 e. The number of hydrogen-bond donors (Lipinski definition) is 0. The zero-order valence-electron chi connectivity index (χ0n) is 13.2. The molecule has 112 valence electrons. The molecule has 0 amide bonds. The molecule has 0 fully saturated rings. The van der Waals surface area contributed by atoms with Gasteiger partial charge in [-0.2, -0.15) is 5.10 Å². The Morgan fingerprint density at radius 1 is 0.909 bits per heavy atom. The van der Waals surface area contributed by atoms with Crippen LogP contribution in [-0.2, 0) is 0 Å². The average Bonchev–Trinajstić information content (AvgIpc) is 3.01. The molecule has 3 aromatic rings. The summed E-state index contributed by atoms with van der Waals surface area (Å²) in [6.45, 7) is 4.30. The molecular formula is C19H20N2O. The fraction of sp³-hybridized carbons (Fsp3) is 0.211. The molecule has 3 nitrogen and oxygen atoms in total. The Hall–Kier alpha value is -2.55. The van der Waals surface area contributed by atoms with Crippen molar-refractivity contribution in [2.45, 2.75) is 19.9 Å². The summed E-state index contributed by atoms with van der Waals surface area (Å²) in [7, 11) is 1.68. The van der Waals surface area contributed by atoms with Crippen LogP contribution in [0.5, 0.6) is 5.75 Å². The number of rotatable bonds is 4. The van der Waals surface area contributed by atoms with E-state index in [-0.39, 0.29) is 0 Å². The van der Waals surface area contributed by atoms with Gasteiger partial charge in [-0.1, -0.05) is 30.3 Å². The predicted molar refractivity (Wildman–Crippen MR) is 90.0 cm³/mol. The standard InChI is InChI=1S/C19H20N2O/c1-14(2)21-19(16-9-11-17(22-3)12-10-16)13-18(20-21)15-7-5-4-6-8-15/h4-14H,1-3H3. The van der Waals surface area contributed by atoms with Crippen molar-refractivity contribution in [1.29, 1.82) is 0 Å². The highest BCUT2D eigenvalue weighted by Gasteiger charge is 2.13. The molecule has 1 aromatic heterocycles. The van der Waals surface area contributed by atoms with Crippen LogP contribution in [0.1, 0.15) is 19.9 Å². The number of nitrogens with zero attached hydrogens (tertiary/aromatic N) is 2. The van der Waals surface area contributed by atoms with Crippen molar-refractivity contribution in [2.24, 2.45) is 0 Å². The van der Waals surface area contributed by atoms with Crippen LogP contribution in [-0.4, -0.2) is 16.9 Å². The monoisotopic (exact) mass is 292 g/mol. The number of aromatic nitrogens is 2. The number of ether oxygens (including phenoxy) is 1. The van der Waals surface area contributed by atoms with Gasteiger partial charge in [-0.25, -0.2) is 0 Å². The largest absolute Gasteiger partial charge is 0.497 e. The van der Waals surface area contributed by atoms with Gasteiger partial charge in [-0.05, 0) is 44.2 Å². The molecule has 0 radical (unpaired) electrons. The molecule has 0 N–H and O–H groups in total. The van der Waals surface area contributed by atoms with Gasteiger partial charge in [0.15, 0.2) is 0 Å². The van der Waals surface area contributed by atoms with Gasteiger partial charge in [0, 0.05) is 17.2 Å². The zero-order chi connectivity index (χ0) is 15.5. The molecule has 0 saturated heterocycles. The molecule has 0 aliphatic rings. The van der Waals surface area contributed by atoms with E-state index in [1.54, 1.807) is 7.11 Å². The molecule has 0 bridgehead atoms. The van der Waals surface area contributed by atoms with Gasteiger partial charge in [-0.3, -0.25) is 4.68 Å². The van der Waals surface area contributed by atoms with Gasteiger partial charge in [0.2, 0.25) is 0 Å². The molecule has 0 aliphatic carbocycles. The first kappa shape index (κ1) is 14.4. The third-order valence-electron chi connectivity index (χ3n) is 3.68. The number of hydrogen-bond acceptors (Lipinski definition) is 2. The van der Waals surface area contributed by atoms with Crippen molar-refractivity contribution < 1.29 is 4.74 Å². The maximum absolute atomic E-state index is 5.23. The lowest BCUT2D eigenvalue weighted by Crippen LogP contribution is -2.04. The van der Waals surface area contributed by atoms with E-state index in [9.17, 15) is 0 Å². The van der Waals surface area contributed by atoms with E-state index in [4.69, 9.17) is 9.84 Å². The predicted octanol–water partition coefficient (Wildman–Crippen LogP) is 4.81. The molecule has 0 aliphatic heterocycles. The normalized spacial score (nSPS) is 10.9. The van der Waals surface area contributed by atoms with Gasteiger partial charge in [0.25, 0.3) is 0 Å². The zero-order valence-corrected chi connectivity index (χ0v) is 13.2. The van der Waals surface area contributed by atoms with E-state index in [2.05, 4.69) is 48.9 Å². The Balaban J connectivity index is 2.07. The minimum Gasteiger partial charge on any atom is -0.497 e. The van der Waals surface area contributed by atoms with E-state index < -0.39 is 0 Å². The molecule has 1 heterocycles. The summed E-state index contributed by atoms with van der Waals surface area (Å²) in [6, 6.07) is 20.8. The van der Waals surface area contributed by atoms with Gasteiger partial charge in [-0.15, -0.1) is 0 Å². The van der Waals surface area contributed by atoms with Crippen LogP contribution in [0.2, 0.25) is 0 Å². The third-order valence-corrected chi connectivity index (χ3v) is 3.68. The quantitative estimate of drug-likeness (QED) is 0.690. The summed E-state index contributed by atoms with van der Waals surface area (Å²) in [5.74, 6) is 0.864. The second-order valence-electron chi connectivity index (χ2n) is 5.55. The lowest BCUT2D eigenvalue weighted by molar-refractivity contribution is 0.415. The van der Waals surface area contributed by atoms with Crippen molar-refractivity contribution in [3.63, 3.8) is 0 Å². The van der Waals surface area contributed by atoms with Crippen LogP contribution in [0.25, 0.3) is 22.5 Å². The molecule has 0 saturated carbocycles. The summed E-state index contributed by atoms with van der Waals surface area (Å²) in [5, 5.41) is 4.78. The fourth-order valence-electron chi connectivity index (χ4n) is 2.52. The van der Waals surface area contributed by atoms with E-state index in [1.807, 2.05) is 30.3 Å². The molecule has 0 unspecified atom stereocenters. The van der Waals surface area contributed by atoms with Gasteiger partial charge in [0.1, 0.15) is 5.75 Å². The lowest BCUT2D eigenvalue weighted by atomic mass is 10.1. The summed E-state index contributed by atoms with van der Waals surface area (Å²) >= 11 is 0. The van der Waals surface area contributed by atoms with Crippen molar-refractivity contribution in [3.8, 4) is 28.3 Å². The van der Waals surface area contributed by atoms with E-state index >= 15 is 0 Å². The van der Waals surface area contributed by atoms with Crippen LogP contribution in [0.15, 0.2) is 60.7 Å². The van der Waals surface area contributed by atoms with Crippen molar-refractivity contribution in [1.82, 2.24) is 9.78 Å². The molecule has 3 heteroatoms. The van der Waals surface area contributed by atoms with Gasteiger partial charge in [0.05, 0.1) is 18.5 Å². The minimum atomic E-state index is 0.301. The third kappa shape index (κ3) is 2.75. The number of methoxy groups -OCH3 is 1. The lowest BCUT2D eigenvalue weighted by Gasteiger charge is -2.11. The van der Waals surface area contributed by atoms with Crippen LogP contribution < -0.4 is 4.74 Å². The molecule has 0 atom stereocenters. The summed E-state index contributed by atoms with van der Waals surface area (Å²) in [4.78, 5) is 0. The van der Waals surface area contributed by atoms with E-state index in [0.29, 0.717) is 6.04 Å². The summed E-state index contributed by atoms with van der Waals surface area (Å²) in [6.07, 6.45) is 0. The maximum Gasteiger partial charge on any atom is 0.118 e. The second-order valence-corrected chi connectivity index (χ2v) is 5.55. The van der Waals surface area contributed by atoms with Crippen molar-refractivity contribution >= 4 is 0 Å². The first-order valence-electron chi connectivity index (χ1n) is 7.48.